The van der Waals surface area contributed by atoms with Crippen LogP contribution < -0.4 is 5.46 Å². The number of hydrogen-bond acceptors (Lipinski definition) is 2. The molecule has 0 aliphatic heterocycles. The summed E-state index contributed by atoms with van der Waals surface area (Å²) in [5, 5.41) is 18.2. The molecule has 0 spiro atoms. The number of aryl methyl sites for hydroxylation is 1. The zero-order valence-corrected chi connectivity index (χ0v) is 16.4. The van der Waals surface area contributed by atoms with E-state index in [1.807, 2.05) is 24.3 Å². The summed E-state index contributed by atoms with van der Waals surface area (Å²) < 4.78 is 0. The predicted octanol–water partition coefficient (Wildman–Crippen LogP) is 5.39. The van der Waals surface area contributed by atoms with Gasteiger partial charge < -0.3 is 10.0 Å². The van der Waals surface area contributed by atoms with Gasteiger partial charge >= 0.3 is 7.12 Å². The van der Waals surface area contributed by atoms with Crippen molar-refractivity contribution in [3.63, 3.8) is 0 Å². The molecule has 0 bridgehead atoms. The normalized spacial score (nSPS) is 11.0. The molecule has 1 aromatic carbocycles. The average molecular weight is 346 g/mol. The van der Waals surface area contributed by atoms with E-state index in [1.165, 1.54) is 95.5 Å². The van der Waals surface area contributed by atoms with Crippen LogP contribution in [0.25, 0.3) is 0 Å². The molecule has 1 aromatic rings. The molecule has 0 saturated heterocycles. The van der Waals surface area contributed by atoms with Gasteiger partial charge in [0.25, 0.3) is 0 Å². The van der Waals surface area contributed by atoms with Crippen LogP contribution in [0.1, 0.15) is 102 Å². The van der Waals surface area contributed by atoms with Crippen LogP contribution >= 0.6 is 0 Å². The van der Waals surface area contributed by atoms with Crippen LogP contribution in [-0.2, 0) is 6.42 Å². The lowest BCUT2D eigenvalue weighted by molar-refractivity contribution is 0.426. The highest BCUT2D eigenvalue weighted by molar-refractivity contribution is 6.58. The number of unbranched alkanes of at least 4 members (excludes halogenated alkanes) is 13. The molecule has 142 valence electrons. The van der Waals surface area contributed by atoms with E-state index in [0.717, 1.165) is 6.42 Å². The third-order valence-electron chi connectivity index (χ3n) is 5.10. The first kappa shape index (κ1) is 22.2. The first-order chi connectivity index (χ1) is 12.2. The van der Waals surface area contributed by atoms with Crippen molar-refractivity contribution in [2.24, 2.45) is 0 Å². The van der Waals surface area contributed by atoms with E-state index in [0.29, 0.717) is 5.46 Å². The van der Waals surface area contributed by atoms with Crippen molar-refractivity contribution in [2.45, 2.75) is 103 Å². The van der Waals surface area contributed by atoms with Crippen LogP contribution in [0.2, 0.25) is 0 Å². The zero-order chi connectivity index (χ0) is 18.2. The summed E-state index contributed by atoms with van der Waals surface area (Å²) in [5.74, 6) is 0. The van der Waals surface area contributed by atoms with Crippen molar-refractivity contribution in [2.75, 3.05) is 0 Å². The van der Waals surface area contributed by atoms with Gasteiger partial charge in [0.05, 0.1) is 0 Å². The highest BCUT2D eigenvalue weighted by Crippen LogP contribution is 2.13. The second kappa shape index (κ2) is 15.5. The largest absolute Gasteiger partial charge is 0.488 e. The number of hydrogen-bond donors (Lipinski definition) is 2. The fourth-order valence-corrected chi connectivity index (χ4v) is 3.38. The Morgan fingerprint density at radius 1 is 0.600 bits per heavy atom. The van der Waals surface area contributed by atoms with Gasteiger partial charge in [0.15, 0.2) is 0 Å². The van der Waals surface area contributed by atoms with E-state index >= 15 is 0 Å². The summed E-state index contributed by atoms with van der Waals surface area (Å²) in [5.41, 5.74) is 1.87. The third kappa shape index (κ3) is 12.2. The summed E-state index contributed by atoms with van der Waals surface area (Å²) >= 11 is 0. The molecular formula is C22H39BO2. The molecule has 2 nitrogen and oxygen atoms in total. The first-order valence-corrected chi connectivity index (χ1v) is 10.7. The number of rotatable bonds is 16. The Morgan fingerprint density at radius 2 is 1.00 bits per heavy atom. The maximum absolute atomic E-state index is 9.08. The van der Waals surface area contributed by atoms with E-state index in [9.17, 15) is 0 Å². The van der Waals surface area contributed by atoms with Gasteiger partial charge in [-0.3, -0.25) is 0 Å². The lowest BCUT2D eigenvalue weighted by atomic mass is 9.80. The van der Waals surface area contributed by atoms with Gasteiger partial charge in [-0.05, 0) is 23.9 Å². The van der Waals surface area contributed by atoms with Crippen molar-refractivity contribution in [3.05, 3.63) is 29.8 Å². The van der Waals surface area contributed by atoms with E-state index < -0.39 is 7.12 Å². The maximum Gasteiger partial charge on any atom is 0.488 e. The standard InChI is InChI=1S/C22H39BO2/c1-2-3-4-5-6-7-8-9-10-11-12-13-14-15-16-21-17-19-22(20-18-21)23(24)25/h17-20,24-25H,2-16H2,1H3. The summed E-state index contributed by atoms with van der Waals surface area (Å²) in [4.78, 5) is 0. The Morgan fingerprint density at radius 3 is 1.40 bits per heavy atom. The minimum atomic E-state index is -1.35. The molecule has 0 aliphatic rings. The van der Waals surface area contributed by atoms with Gasteiger partial charge in [0.2, 0.25) is 0 Å². The van der Waals surface area contributed by atoms with E-state index in [4.69, 9.17) is 10.0 Å². The molecule has 0 heterocycles. The molecule has 0 atom stereocenters. The van der Waals surface area contributed by atoms with Crippen LogP contribution in [-0.4, -0.2) is 17.2 Å². The summed E-state index contributed by atoms with van der Waals surface area (Å²) in [7, 11) is -1.35. The average Bonchev–Trinajstić information content (AvgIpc) is 2.62. The van der Waals surface area contributed by atoms with Crippen LogP contribution in [0.5, 0.6) is 0 Å². The molecule has 0 aromatic heterocycles. The Kier molecular flexibility index (Phi) is 13.8. The molecule has 25 heavy (non-hydrogen) atoms. The fourth-order valence-electron chi connectivity index (χ4n) is 3.38. The van der Waals surface area contributed by atoms with Crippen molar-refractivity contribution in [1.29, 1.82) is 0 Å². The Hall–Kier alpha value is -0.795. The second-order valence-electron chi connectivity index (χ2n) is 7.46. The molecule has 0 saturated carbocycles. The Labute approximate surface area is 156 Å². The SMILES string of the molecule is CCCCCCCCCCCCCCCCc1ccc(B(O)O)cc1. The summed E-state index contributed by atoms with van der Waals surface area (Å²) in [6.45, 7) is 2.28. The van der Waals surface area contributed by atoms with Crippen molar-refractivity contribution >= 4 is 12.6 Å². The third-order valence-corrected chi connectivity index (χ3v) is 5.10. The molecule has 3 heteroatoms. The highest BCUT2D eigenvalue weighted by Gasteiger charge is 2.09. The monoisotopic (exact) mass is 346 g/mol. The van der Waals surface area contributed by atoms with Crippen molar-refractivity contribution in [3.8, 4) is 0 Å². The van der Waals surface area contributed by atoms with Crippen molar-refractivity contribution in [1.82, 2.24) is 0 Å². The maximum atomic E-state index is 9.08. The number of benzene rings is 1. The van der Waals surface area contributed by atoms with Crippen LogP contribution in [0.15, 0.2) is 24.3 Å². The molecule has 2 N–H and O–H groups in total. The van der Waals surface area contributed by atoms with E-state index in [1.54, 1.807) is 0 Å². The molecule has 1 rings (SSSR count). The quantitative estimate of drug-likeness (QED) is 0.311. The molecular weight excluding hydrogens is 307 g/mol. The topological polar surface area (TPSA) is 40.5 Å². The lowest BCUT2D eigenvalue weighted by Crippen LogP contribution is -2.29. The van der Waals surface area contributed by atoms with E-state index in [2.05, 4.69) is 6.92 Å². The van der Waals surface area contributed by atoms with Crippen molar-refractivity contribution < 1.29 is 10.0 Å². The molecule has 0 amide bonds. The molecule has 0 unspecified atom stereocenters. The van der Waals surface area contributed by atoms with Gasteiger partial charge in [-0.1, -0.05) is 115 Å². The van der Waals surface area contributed by atoms with Crippen LogP contribution in [0.4, 0.5) is 0 Å². The molecule has 0 fully saturated rings. The Balaban J connectivity index is 1.84. The van der Waals surface area contributed by atoms with Crippen LogP contribution in [0.3, 0.4) is 0 Å². The molecule has 0 aliphatic carbocycles. The zero-order valence-electron chi connectivity index (χ0n) is 16.4. The predicted molar refractivity (Wildman–Crippen MR) is 110 cm³/mol. The summed E-state index contributed by atoms with van der Waals surface area (Å²) in [6.07, 6.45) is 20.6. The lowest BCUT2D eigenvalue weighted by Gasteiger charge is -2.05. The minimum absolute atomic E-state index is 0.574. The Bertz CT molecular complexity index is 403. The first-order valence-electron chi connectivity index (χ1n) is 10.7. The molecule has 0 radical (unpaired) electrons. The second-order valence-corrected chi connectivity index (χ2v) is 7.46. The van der Waals surface area contributed by atoms with E-state index in [-0.39, 0.29) is 0 Å². The summed E-state index contributed by atoms with van der Waals surface area (Å²) in [6, 6.07) is 7.64. The van der Waals surface area contributed by atoms with Gasteiger partial charge in [-0.2, -0.15) is 0 Å². The highest BCUT2D eigenvalue weighted by atomic mass is 16.4. The van der Waals surface area contributed by atoms with Crippen LogP contribution in [0, 0.1) is 0 Å². The fraction of sp³-hybridized carbons (Fsp3) is 0.727. The van der Waals surface area contributed by atoms with Gasteiger partial charge in [-0.15, -0.1) is 0 Å². The van der Waals surface area contributed by atoms with Gasteiger partial charge in [0, 0.05) is 0 Å². The van der Waals surface area contributed by atoms with Gasteiger partial charge in [-0.25, -0.2) is 0 Å². The smallest absolute Gasteiger partial charge is 0.423 e. The minimum Gasteiger partial charge on any atom is -0.423 e. The van der Waals surface area contributed by atoms with Gasteiger partial charge in [0.1, 0.15) is 0 Å².